The van der Waals surface area contributed by atoms with Crippen molar-refractivity contribution in [3.8, 4) is 0 Å². The molecule has 0 saturated carbocycles. The van der Waals surface area contributed by atoms with Gasteiger partial charge < -0.3 is 14.3 Å². The molecule has 0 aliphatic carbocycles. The lowest BCUT2D eigenvalue weighted by atomic mass is 10.3. The number of esters is 1. The molecule has 6 nitrogen and oxygen atoms in total. The molecule has 0 radical (unpaired) electrons. The molecule has 96 valence electrons. The molecule has 17 heavy (non-hydrogen) atoms. The number of unbranched alkanes of at least 4 members (excludes halogenated alkanes) is 1. The van der Waals surface area contributed by atoms with Gasteiger partial charge in [0.25, 0.3) is 0 Å². The maximum Gasteiger partial charge on any atom is 0.413 e. The Kier molecular flexibility index (Phi) is 8.36. The third kappa shape index (κ3) is 7.10. The average molecular weight is 243 g/mol. The fourth-order valence-electron chi connectivity index (χ4n) is 1.03. The Balaban J connectivity index is 4.31. The molecular weight excluding hydrogens is 226 g/mol. The molecule has 0 fully saturated rings. The maximum absolute atomic E-state index is 11.3. The van der Waals surface area contributed by atoms with Gasteiger partial charge in [-0.25, -0.2) is 9.59 Å². The average Bonchev–Trinajstić information content (AvgIpc) is 2.33. The fourth-order valence-corrected chi connectivity index (χ4v) is 1.03. The smallest absolute Gasteiger partial charge is 0.413 e. The Hall–Kier alpha value is -1.85. The number of rotatable bonds is 7. The monoisotopic (exact) mass is 243 g/mol. The van der Waals surface area contributed by atoms with Gasteiger partial charge >= 0.3 is 12.1 Å². The van der Waals surface area contributed by atoms with Crippen molar-refractivity contribution >= 4 is 18.3 Å². The molecular formula is C11H17NO5. The highest BCUT2D eigenvalue weighted by Crippen LogP contribution is 1.99. The molecule has 0 rings (SSSR count). The lowest BCUT2D eigenvalue weighted by molar-refractivity contribution is -0.137. The van der Waals surface area contributed by atoms with Crippen LogP contribution in [-0.4, -0.2) is 43.5 Å². The van der Waals surface area contributed by atoms with Crippen molar-refractivity contribution in [2.75, 3.05) is 20.3 Å². The van der Waals surface area contributed by atoms with Gasteiger partial charge in [-0.15, -0.1) is 0 Å². The standard InChI is InChI=1S/C11H17NO5/c1-3-17-10(14)6-8-12(11(15)16-2)7-4-5-9-13/h6,8-9H,3-5,7H2,1-2H3/b8-6+. The van der Waals surface area contributed by atoms with E-state index in [1.54, 1.807) is 6.92 Å². The molecule has 0 spiro atoms. The van der Waals surface area contributed by atoms with Gasteiger partial charge in [-0.05, 0) is 13.3 Å². The zero-order valence-electron chi connectivity index (χ0n) is 10.0. The first-order chi connectivity index (χ1) is 8.15. The summed E-state index contributed by atoms with van der Waals surface area (Å²) >= 11 is 0. The number of ether oxygens (including phenoxy) is 2. The molecule has 0 aliphatic heterocycles. The van der Waals surface area contributed by atoms with Gasteiger partial charge in [0.15, 0.2) is 0 Å². The third-order valence-electron chi connectivity index (χ3n) is 1.81. The summed E-state index contributed by atoms with van der Waals surface area (Å²) in [7, 11) is 1.24. The summed E-state index contributed by atoms with van der Waals surface area (Å²) in [5.74, 6) is -0.531. The van der Waals surface area contributed by atoms with Crippen molar-refractivity contribution in [3.05, 3.63) is 12.3 Å². The van der Waals surface area contributed by atoms with Crippen molar-refractivity contribution in [1.29, 1.82) is 0 Å². The Labute approximate surface area is 100 Å². The SMILES string of the molecule is CCOC(=O)/C=C/N(CCCC=O)C(=O)OC. The van der Waals surface area contributed by atoms with Gasteiger partial charge in [0.05, 0.1) is 13.7 Å². The molecule has 0 saturated heterocycles. The van der Waals surface area contributed by atoms with E-state index in [0.717, 1.165) is 12.4 Å². The topological polar surface area (TPSA) is 72.9 Å². The second-order valence-corrected chi connectivity index (χ2v) is 3.04. The summed E-state index contributed by atoms with van der Waals surface area (Å²) in [6, 6.07) is 0. The number of hydrogen-bond donors (Lipinski definition) is 0. The zero-order chi connectivity index (χ0) is 13.1. The molecule has 6 heteroatoms. The minimum atomic E-state index is -0.587. The predicted octanol–water partition coefficient (Wildman–Crippen LogP) is 1.11. The van der Waals surface area contributed by atoms with Crippen molar-refractivity contribution in [2.45, 2.75) is 19.8 Å². The number of carbonyl (C=O) groups excluding carboxylic acids is 3. The number of amides is 1. The van der Waals surface area contributed by atoms with Crippen molar-refractivity contribution in [1.82, 2.24) is 4.90 Å². The molecule has 0 unspecified atom stereocenters. The summed E-state index contributed by atoms with van der Waals surface area (Å²) in [5, 5.41) is 0. The lowest BCUT2D eigenvalue weighted by Gasteiger charge is -2.15. The number of nitrogens with zero attached hydrogens (tertiary/aromatic N) is 1. The van der Waals surface area contributed by atoms with E-state index >= 15 is 0 Å². The highest BCUT2D eigenvalue weighted by atomic mass is 16.5. The first kappa shape index (κ1) is 15.2. The van der Waals surface area contributed by atoms with E-state index < -0.39 is 12.1 Å². The van der Waals surface area contributed by atoms with E-state index in [0.29, 0.717) is 19.4 Å². The van der Waals surface area contributed by atoms with Gasteiger partial charge in [-0.1, -0.05) is 0 Å². The summed E-state index contributed by atoms with van der Waals surface area (Å²) in [6.45, 7) is 2.27. The largest absolute Gasteiger partial charge is 0.463 e. The Bertz CT molecular complexity index is 288. The van der Waals surface area contributed by atoms with E-state index in [2.05, 4.69) is 9.47 Å². The van der Waals surface area contributed by atoms with Crippen LogP contribution in [0, 0.1) is 0 Å². The quantitative estimate of drug-likeness (QED) is 0.290. The van der Waals surface area contributed by atoms with Crippen molar-refractivity contribution < 1.29 is 23.9 Å². The normalized spacial score (nSPS) is 10.0. The van der Waals surface area contributed by atoms with E-state index in [4.69, 9.17) is 0 Å². The second kappa shape index (κ2) is 9.38. The third-order valence-corrected chi connectivity index (χ3v) is 1.81. The Morgan fingerprint density at radius 2 is 2.06 bits per heavy atom. The summed E-state index contributed by atoms with van der Waals surface area (Å²) in [4.78, 5) is 33.7. The molecule has 0 aromatic heterocycles. The summed E-state index contributed by atoms with van der Waals surface area (Å²) in [6.07, 6.45) is 3.46. The van der Waals surface area contributed by atoms with Gasteiger partial charge in [-0.3, -0.25) is 4.90 Å². The number of aldehydes is 1. The van der Waals surface area contributed by atoms with E-state index in [9.17, 15) is 14.4 Å². The van der Waals surface area contributed by atoms with Crippen LogP contribution in [-0.2, 0) is 19.1 Å². The molecule has 0 bridgehead atoms. The van der Waals surface area contributed by atoms with Crippen LogP contribution in [0.1, 0.15) is 19.8 Å². The van der Waals surface area contributed by atoms with Gasteiger partial charge in [0, 0.05) is 25.2 Å². The Morgan fingerprint density at radius 3 is 2.59 bits per heavy atom. The zero-order valence-corrected chi connectivity index (χ0v) is 10.0. The van der Waals surface area contributed by atoms with Gasteiger partial charge in [-0.2, -0.15) is 0 Å². The van der Waals surface area contributed by atoms with Crippen LogP contribution in [0.2, 0.25) is 0 Å². The molecule has 1 amide bonds. The summed E-state index contributed by atoms with van der Waals surface area (Å²) < 4.78 is 9.20. The minimum Gasteiger partial charge on any atom is -0.463 e. The highest BCUT2D eigenvalue weighted by Gasteiger charge is 2.10. The molecule has 0 N–H and O–H groups in total. The van der Waals surface area contributed by atoms with Gasteiger partial charge in [0.1, 0.15) is 6.29 Å². The van der Waals surface area contributed by atoms with Crippen LogP contribution in [0.4, 0.5) is 4.79 Å². The van der Waals surface area contributed by atoms with Crippen LogP contribution < -0.4 is 0 Å². The van der Waals surface area contributed by atoms with E-state index in [1.807, 2.05) is 0 Å². The first-order valence-electron chi connectivity index (χ1n) is 5.28. The van der Waals surface area contributed by atoms with E-state index in [1.165, 1.54) is 18.2 Å². The molecule has 0 aromatic rings. The molecule has 0 heterocycles. The molecule has 0 atom stereocenters. The molecule has 0 aromatic carbocycles. The highest BCUT2D eigenvalue weighted by molar-refractivity contribution is 5.82. The van der Waals surface area contributed by atoms with Crippen molar-refractivity contribution in [3.63, 3.8) is 0 Å². The second-order valence-electron chi connectivity index (χ2n) is 3.04. The van der Waals surface area contributed by atoms with E-state index in [-0.39, 0.29) is 6.61 Å². The minimum absolute atomic E-state index is 0.270. The number of methoxy groups -OCH3 is 1. The van der Waals surface area contributed by atoms with Crippen molar-refractivity contribution in [2.24, 2.45) is 0 Å². The van der Waals surface area contributed by atoms with Crippen LogP contribution in [0.5, 0.6) is 0 Å². The first-order valence-corrected chi connectivity index (χ1v) is 5.28. The maximum atomic E-state index is 11.3. The number of hydrogen-bond acceptors (Lipinski definition) is 5. The lowest BCUT2D eigenvalue weighted by Crippen LogP contribution is -2.27. The Morgan fingerprint density at radius 1 is 1.35 bits per heavy atom. The molecule has 0 aliphatic rings. The predicted molar refractivity (Wildman–Crippen MR) is 60.2 cm³/mol. The van der Waals surface area contributed by atoms with Crippen LogP contribution >= 0.6 is 0 Å². The number of carbonyl (C=O) groups is 3. The van der Waals surface area contributed by atoms with Crippen LogP contribution in [0.15, 0.2) is 12.3 Å². The van der Waals surface area contributed by atoms with Gasteiger partial charge in [0.2, 0.25) is 0 Å². The van der Waals surface area contributed by atoms with Crippen LogP contribution in [0.25, 0.3) is 0 Å². The fraction of sp³-hybridized carbons (Fsp3) is 0.545. The van der Waals surface area contributed by atoms with Crippen LogP contribution in [0.3, 0.4) is 0 Å². The summed E-state index contributed by atoms with van der Waals surface area (Å²) in [5.41, 5.74) is 0.